The molecule has 30 nitrogen and oxygen atoms in total. The number of benzene rings is 4. The van der Waals surface area contributed by atoms with Crippen LogP contribution in [0.1, 0.15) is 0 Å². The first-order valence-electron chi connectivity index (χ1n) is 17.9. The van der Waals surface area contributed by atoms with E-state index in [1.165, 1.54) is 0 Å². The zero-order valence-corrected chi connectivity index (χ0v) is 53.2. The Kier molecular flexibility index (Phi) is 26.7. The van der Waals surface area contributed by atoms with E-state index in [2.05, 4.69) is 55.3 Å². The van der Waals surface area contributed by atoms with E-state index in [0.717, 1.165) is 78.9 Å². The summed E-state index contributed by atoms with van der Waals surface area (Å²) in [6, 6.07) is 10.0. The molecule has 1 amide bonds. The van der Waals surface area contributed by atoms with Crippen molar-refractivity contribution in [3.05, 3.63) is 84.1 Å². The molecule has 41 heteroatoms. The molecule has 2 heterocycles. The van der Waals surface area contributed by atoms with Crippen LogP contribution in [0.4, 0.5) is 51.7 Å². The molecule has 1 unspecified atom stereocenters. The molecule has 0 fully saturated rings. The second kappa shape index (κ2) is 28.2. The average molecular weight is 1190 g/mol. The Morgan fingerprint density at radius 2 is 1.26 bits per heavy atom. The van der Waals surface area contributed by atoms with Gasteiger partial charge < -0.3 is 44.5 Å². The molecule has 4 N–H and O–H groups in total. The molecule has 1 atom stereocenters. The molecule has 6 rings (SSSR count). The molecule has 4 aromatic carbocycles. The van der Waals surface area contributed by atoms with Gasteiger partial charge in [0.1, 0.15) is 47.4 Å². The number of nitrogens with two attached hydrogens (primary N) is 1. The summed E-state index contributed by atoms with van der Waals surface area (Å²) >= 11 is 6.08. The van der Waals surface area contributed by atoms with Gasteiger partial charge in [-0.2, -0.15) is 40.4 Å². The number of anilines is 6. The molecular formula is C33H22ClN12Na5O18S5. The molecule has 0 saturated heterocycles. The Bertz CT molecular complexity index is 3610. The van der Waals surface area contributed by atoms with Crippen LogP contribution in [0.15, 0.2) is 124 Å². The SMILES string of the molecule is Nc1cc(Nc2nc(Cl)nc(Nc3ccc(S(=O)(=O)[O-])c(N=NC4C(=O)N(c5ccc(S(=O)(=O)[O-])cc5)N=C4C(=O)[O-])c3)n2)c(S(=O)(=O)[O-])cc1N=Nc1ccc(S(=O)(=O)CCOS(=O)(=O)[O-])cc1.[Na+].[Na+].[Na+].[Na+].[Na+]. The number of aromatic nitrogens is 3. The quantitative estimate of drug-likeness (QED) is 0.0241. The van der Waals surface area contributed by atoms with Gasteiger partial charge in [0.05, 0.1) is 60.7 Å². The predicted molar refractivity (Wildman–Crippen MR) is 226 cm³/mol. The Hall–Kier alpha value is -2.06. The normalized spacial score (nSPS) is 13.9. The van der Waals surface area contributed by atoms with Gasteiger partial charge in [0.25, 0.3) is 5.91 Å². The number of rotatable bonds is 18. The fourth-order valence-electron chi connectivity index (χ4n) is 5.53. The zero-order chi connectivity index (χ0) is 50.9. The summed E-state index contributed by atoms with van der Waals surface area (Å²) in [6.07, 6.45) is 0. The van der Waals surface area contributed by atoms with Crippen molar-refractivity contribution >= 4 is 131 Å². The monoisotopic (exact) mass is 1180 g/mol. The number of azo groups is 2. The van der Waals surface area contributed by atoms with Gasteiger partial charge in [-0.25, -0.2) is 42.1 Å². The molecule has 0 spiro atoms. The van der Waals surface area contributed by atoms with Gasteiger partial charge in [0.2, 0.25) is 27.6 Å². The van der Waals surface area contributed by atoms with Crippen molar-refractivity contribution < 1.29 is 227 Å². The summed E-state index contributed by atoms with van der Waals surface area (Å²) in [5, 5.41) is 35.3. The third-order valence-corrected chi connectivity index (χ3v) is 13.5. The van der Waals surface area contributed by atoms with E-state index in [0.29, 0.717) is 5.01 Å². The number of nitrogens with zero attached hydrogens (tertiary/aromatic N) is 9. The molecular weight excluding hydrogens is 1160 g/mol. The summed E-state index contributed by atoms with van der Waals surface area (Å²) in [5.74, 6) is -5.15. The predicted octanol–water partition coefficient (Wildman–Crippen LogP) is -14.4. The summed E-state index contributed by atoms with van der Waals surface area (Å²) in [4.78, 5) is 33.8. The number of carboxylic acids is 1. The Morgan fingerprint density at radius 1 is 0.689 bits per heavy atom. The maximum Gasteiger partial charge on any atom is 1.00 e. The molecule has 364 valence electrons. The molecule has 0 radical (unpaired) electrons. The number of carbonyl (C=O) groups is 2. The zero-order valence-electron chi connectivity index (χ0n) is 38.4. The van der Waals surface area contributed by atoms with Crippen LogP contribution in [0.25, 0.3) is 0 Å². The summed E-state index contributed by atoms with van der Waals surface area (Å²) in [6.45, 7) is -0.941. The van der Waals surface area contributed by atoms with Crippen LogP contribution < -0.4 is 174 Å². The largest absolute Gasteiger partial charge is 1.00 e. The Balaban J connectivity index is 0.00000548. The number of hydrazone groups is 1. The second-order valence-electron chi connectivity index (χ2n) is 13.2. The molecule has 0 bridgehead atoms. The topological polar surface area (TPSA) is 483 Å². The summed E-state index contributed by atoms with van der Waals surface area (Å²) in [7, 11) is -24.9. The van der Waals surface area contributed by atoms with Crippen molar-refractivity contribution in [2.24, 2.45) is 25.6 Å². The van der Waals surface area contributed by atoms with Gasteiger partial charge in [0, 0.05) is 5.69 Å². The van der Waals surface area contributed by atoms with E-state index in [-0.39, 0.29) is 181 Å². The molecule has 1 aromatic heterocycles. The number of nitrogen functional groups attached to an aromatic ring is 1. The van der Waals surface area contributed by atoms with Crippen molar-refractivity contribution in [1.82, 2.24) is 15.0 Å². The average Bonchev–Trinajstić information content (AvgIpc) is 3.56. The summed E-state index contributed by atoms with van der Waals surface area (Å²) in [5.41, 5.74) is 2.59. The van der Waals surface area contributed by atoms with Gasteiger partial charge in [-0.05, 0) is 90.5 Å². The number of sulfone groups is 1. The van der Waals surface area contributed by atoms with Crippen LogP contribution in [-0.2, 0) is 64.4 Å². The first-order chi connectivity index (χ1) is 32.0. The van der Waals surface area contributed by atoms with Crippen molar-refractivity contribution in [3.8, 4) is 0 Å². The van der Waals surface area contributed by atoms with E-state index >= 15 is 0 Å². The van der Waals surface area contributed by atoms with Gasteiger partial charge in [-0.15, -0.1) is 5.11 Å². The Labute approximate surface area is 534 Å². The van der Waals surface area contributed by atoms with E-state index in [1.807, 2.05) is 0 Å². The third-order valence-electron chi connectivity index (χ3n) is 8.56. The maximum absolute atomic E-state index is 13.2. The molecule has 0 saturated carbocycles. The minimum atomic E-state index is -5.37. The third kappa shape index (κ3) is 18.8. The van der Waals surface area contributed by atoms with Crippen LogP contribution in [-0.4, -0.2) is 111 Å². The standard InChI is InChI=1S/C33H27ClN12O18S5.5Na/c34-31-38-32(36-17-3-10-25(67(55,56)57)24(13-17)43-44-27-28(30(48)49)45-46(29(27)47)18-4-8-20(9-5-18)66(52,53)54)40-33(39-31)37-23-14-21(35)22(15-26(23)68(58,59)60)42-41-16-1-6-19(7-2-16)65(50,51)12-11-64-69(61,62)63;;;;;/h1-10,13-15,27H,11-12,35H2,(H,48,49)(H,52,53,54)(H,55,56,57)(H,58,59,60)(H,61,62,63)(H2,36,37,38,39,40);;;;;/q;5*+1/p-5. The van der Waals surface area contributed by atoms with Crippen LogP contribution in [0.2, 0.25) is 5.28 Å². The maximum atomic E-state index is 13.2. The first-order valence-corrected chi connectivity index (χ1v) is 25.5. The van der Waals surface area contributed by atoms with E-state index in [9.17, 15) is 75.0 Å². The van der Waals surface area contributed by atoms with Gasteiger partial charge in [-0.3, -0.25) is 8.98 Å². The molecule has 5 aromatic rings. The minimum Gasteiger partial charge on any atom is -0.744 e. The molecule has 74 heavy (non-hydrogen) atoms. The van der Waals surface area contributed by atoms with Crippen LogP contribution in [0.5, 0.6) is 0 Å². The first kappa shape index (κ1) is 70.0. The number of hydrogen-bond acceptors (Lipinski definition) is 29. The van der Waals surface area contributed by atoms with Crippen molar-refractivity contribution in [1.29, 1.82) is 0 Å². The van der Waals surface area contributed by atoms with E-state index in [4.69, 9.17) is 17.3 Å². The minimum absolute atomic E-state index is 0. The number of nitrogens with one attached hydrogen (secondary N) is 2. The van der Waals surface area contributed by atoms with Crippen LogP contribution in [0.3, 0.4) is 0 Å². The van der Waals surface area contributed by atoms with E-state index < -0.39 is 130 Å². The van der Waals surface area contributed by atoms with Crippen molar-refractivity contribution in [2.45, 2.75) is 25.6 Å². The smallest absolute Gasteiger partial charge is 0.744 e. The van der Waals surface area contributed by atoms with Gasteiger partial charge in [0.15, 0.2) is 15.9 Å². The van der Waals surface area contributed by atoms with Crippen molar-refractivity contribution in [3.63, 3.8) is 0 Å². The summed E-state index contributed by atoms with van der Waals surface area (Å²) < 4.78 is 168. The number of carbonyl (C=O) groups excluding carboxylic acids is 2. The fourth-order valence-corrected chi connectivity index (χ4v) is 8.87. The van der Waals surface area contributed by atoms with Gasteiger partial charge in [-0.1, -0.05) is 0 Å². The second-order valence-corrected chi connectivity index (χ2v) is 20.8. The number of carboxylic acid groups (broad SMARTS) is 1. The fraction of sp³-hybridized carbons (Fsp3) is 0.0909. The Morgan fingerprint density at radius 3 is 1.80 bits per heavy atom. The molecule has 1 aliphatic rings. The molecule has 1 aliphatic heterocycles. The molecule has 0 aliphatic carbocycles. The van der Waals surface area contributed by atoms with Gasteiger partial charge >= 0.3 is 148 Å². The van der Waals surface area contributed by atoms with Crippen LogP contribution >= 0.6 is 11.6 Å². The van der Waals surface area contributed by atoms with E-state index in [1.54, 1.807) is 0 Å². The van der Waals surface area contributed by atoms with Crippen molar-refractivity contribution in [2.75, 3.05) is 33.7 Å². The number of aliphatic carboxylic acids is 1. The number of hydrogen-bond donors (Lipinski definition) is 3. The van der Waals surface area contributed by atoms with Crippen LogP contribution in [0, 0.1) is 0 Å². The number of halogens is 1. The number of amides is 1.